The fourth-order valence-corrected chi connectivity index (χ4v) is 1.36. The van der Waals surface area contributed by atoms with Crippen LogP contribution < -0.4 is 11.1 Å². The fraction of sp³-hybridized carbons (Fsp3) is 0.667. The van der Waals surface area contributed by atoms with Gasteiger partial charge in [0.25, 0.3) is 0 Å². The molecule has 0 radical (unpaired) electrons. The van der Waals surface area contributed by atoms with Gasteiger partial charge >= 0.3 is 0 Å². The van der Waals surface area contributed by atoms with Gasteiger partial charge in [-0.3, -0.25) is 0 Å². The van der Waals surface area contributed by atoms with Crippen LogP contribution in [0.1, 0.15) is 39.5 Å². The molecule has 2 heteroatoms. The lowest BCUT2D eigenvalue weighted by Crippen LogP contribution is -2.28. The van der Waals surface area contributed by atoms with Crippen molar-refractivity contribution in [2.45, 2.75) is 45.6 Å². The van der Waals surface area contributed by atoms with Crippen LogP contribution in [0.5, 0.6) is 0 Å². The Morgan fingerprint density at radius 3 is 2.50 bits per heavy atom. The number of rotatable bonds is 8. The second kappa shape index (κ2) is 7.63. The van der Waals surface area contributed by atoms with Crippen LogP contribution >= 0.6 is 0 Å². The molecule has 0 aliphatic carbocycles. The highest BCUT2D eigenvalue weighted by atomic mass is 14.9. The van der Waals surface area contributed by atoms with Crippen molar-refractivity contribution in [1.82, 2.24) is 5.32 Å². The zero-order valence-electron chi connectivity index (χ0n) is 9.60. The number of allylic oxidation sites excluding steroid dienone is 1. The fourth-order valence-electron chi connectivity index (χ4n) is 1.36. The van der Waals surface area contributed by atoms with Crippen LogP contribution in [0.2, 0.25) is 0 Å². The van der Waals surface area contributed by atoms with Crippen LogP contribution in [0.3, 0.4) is 0 Å². The predicted octanol–water partition coefficient (Wildman–Crippen LogP) is 2.57. The Labute approximate surface area is 88.3 Å². The second-order valence-electron chi connectivity index (χ2n) is 3.83. The van der Waals surface area contributed by atoms with E-state index in [2.05, 4.69) is 32.3 Å². The molecule has 82 valence electrons. The van der Waals surface area contributed by atoms with Gasteiger partial charge in [-0.1, -0.05) is 32.1 Å². The van der Waals surface area contributed by atoms with E-state index in [1.54, 1.807) is 0 Å². The summed E-state index contributed by atoms with van der Waals surface area (Å²) in [6.07, 6.45) is 4.25. The summed E-state index contributed by atoms with van der Waals surface area (Å²) in [5.41, 5.74) is 7.70. The number of nitrogens with one attached hydrogen (secondary N) is 1. The number of hydrogen-bond acceptors (Lipinski definition) is 2. The minimum Gasteiger partial charge on any atom is -0.382 e. The molecule has 0 aromatic carbocycles. The number of nitrogens with two attached hydrogens (primary N) is 1. The van der Waals surface area contributed by atoms with Crippen molar-refractivity contribution in [1.29, 1.82) is 0 Å². The molecule has 14 heavy (non-hydrogen) atoms. The topological polar surface area (TPSA) is 38.0 Å². The predicted molar refractivity (Wildman–Crippen MR) is 64.1 cm³/mol. The van der Waals surface area contributed by atoms with Crippen molar-refractivity contribution in [3.63, 3.8) is 0 Å². The third kappa shape index (κ3) is 5.81. The molecule has 0 saturated heterocycles. The molecule has 1 atom stereocenters. The van der Waals surface area contributed by atoms with Crippen molar-refractivity contribution in [3.05, 3.63) is 24.4 Å². The van der Waals surface area contributed by atoms with Gasteiger partial charge < -0.3 is 11.1 Å². The van der Waals surface area contributed by atoms with Crippen molar-refractivity contribution in [3.8, 4) is 0 Å². The van der Waals surface area contributed by atoms with E-state index >= 15 is 0 Å². The summed E-state index contributed by atoms with van der Waals surface area (Å²) in [4.78, 5) is 0. The average molecular weight is 196 g/mol. The second-order valence-corrected chi connectivity index (χ2v) is 3.83. The monoisotopic (exact) mass is 196 g/mol. The SMILES string of the molecule is C=C(CCCN)NC(CCC)C(=C)C. The molecule has 3 N–H and O–H groups in total. The zero-order chi connectivity index (χ0) is 11.0. The quantitative estimate of drug-likeness (QED) is 0.586. The van der Waals surface area contributed by atoms with Gasteiger partial charge in [0.2, 0.25) is 0 Å². The maximum Gasteiger partial charge on any atom is 0.0465 e. The smallest absolute Gasteiger partial charge is 0.0465 e. The molecular formula is C12H24N2. The molecule has 0 aromatic rings. The van der Waals surface area contributed by atoms with Crippen LogP contribution in [0, 0.1) is 0 Å². The molecular weight excluding hydrogens is 172 g/mol. The molecule has 0 rings (SSSR count). The highest BCUT2D eigenvalue weighted by Gasteiger charge is 2.07. The summed E-state index contributed by atoms with van der Waals surface area (Å²) >= 11 is 0. The molecule has 0 aliphatic rings. The van der Waals surface area contributed by atoms with Crippen LogP contribution in [-0.4, -0.2) is 12.6 Å². The van der Waals surface area contributed by atoms with Crippen LogP contribution in [0.25, 0.3) is 0 Å². The lowest BCUT2D eigenvalue weighted by atomic mass is 10.0. The van der Waals surface area contributed by atoms with Gasteiger partial charge in [0.1, 0.15) is 0 Å². The molecule has 2 nitrogen and oxygen atoms in total. The lowest BCUT2D eigenvalue weighted by molar-refractivity contribution is 0.565. The van der Waals surface area contributed by atoms with Crippen molar-refractivity contribution in [2.75, 3.05) is 6.54 Å². The van der Waals surface area contributed by atoms with Gasteiger partial charge in [-0.25, -0.2) is 0 Å². The molecule has 0 fully saturated rings. The Kier molecular flexibility index (Phi) is 7.21. The van der Waals surface area contributed by atoms with Gasteiger partial charge in [-0.15, -0.1) is 0 Å². The molecule has 0 aliphatic heterocycles. The highest BCUT2D eigenvalue weighted by molar-refractivity contribution is 5.07. The molecule has 0 saturated carbocycles. The van der Waals surface area contributed by atoms with Crippen molar-refractivity contribution >= 4 is 0 Å². The minimum absolute atomic E-state index is 0.380. The van der Waals surface area contributed by atoms with Gasteiger partial charge in [0.05, 0.1) is 0 Å². The van der Waals surface area contributed by atoms with E-state index in [1.165, 1.54) is 5.57 Å². The number of hydrogen-bond donors (Lipinski definition) is 2. The molecule has 0 spiro atoms. The minimum atomic E-state index is 0.380. The Morgan fingerprint density at radius 1 is 1.43 bits per heavy atom. The Morgan fingerprint density at radius 2 is 2.07 bits per heavy atom. The summed E-state index contributed by atoms with van der Waals surface area (Å²) in [6, 6.07) is 0.380. The Hall–Kier alpha value is -0.760. The average Bonchev–Trinajstić information content (AvgIpc) is 2.14. The van der Waals surface area contributed by atoms with Crippen LogP contribution in [0.4, 0.5) is 0 Å². The van der Waals surface area contributed by atoms with E-state index in [1.807, 2.05) is 0 Å². The van der Waals surface area contributed by atoms with Crippen molar-refractivity contribution < 1.29 is 0 Å². The first-order valence-corrected chi connectivity index (χ1v) is 5.41. The van der Waals surface area contributed by atoms with E-state index in [-0.39, 0.29) is 0 Å². The maximum atomic E-state index is 5.44. The summed E-state index contributed by atoms with van der Waals surface area (Å²) in [5.74, 6) is 0. The highest BCUT2D eigenvalue weighted by Crippen LogP contribution is 2.09. The normalized spacial score (nSPS) is 12.2. The van der Waals surface area contributed by atoms with E-state index in [9.17, 15) is 0 Å². The molecule has 0 amide bonds. The molecule has 0 aromatic heterocycles. The van der Waals surface area contributed by atoms with Gasteiger partial charge in [0, 0.05) is 11.7 Å². The van der Waals surface area contributed by atoms with Gasteiger partial charge in [-0.05, 0) is 32.7 Å². The van der Waals surface area contributed by atoms with E-state index < -0.39 is 0 Å². The first-order chi connectivity index (χ1) is 6.61. The van der Waals surface area contributed by atoms with E-state index in [0.29, 0.717) is 6.04 Å². The first-order valence-electron chi connectivity index (χ1n) is 5.41. The lowest BCUT2D eigenvalue weighted by Gasteiger charge is -2.21. The van der Waals surface area contributed by atoms with Gasteiger partial charge in [-0.2, -0.15) is 0 Å². The van der Waals surface area contributed by atoms with Crippen LogP contribution in [0.15, 0.2) is 24.4 Å². The van der Waals surface area contributed by atoms with Gasteiger partial charge in [0.15, 0.2) is 0 Å². The largest absolute Gasteiger partial charge is 0.382 e. The van der Waals surface area contributed by atoms with Crippen molar-refractivity contribution in [2.24, 2.45) is 5.73 Å². The van der Waals surface area contributed by atoms with E-state index in [4.69, 9.17) is 5.73 Å². The summed E-state index contributed by atoms with van der Waals surface area (Å²) in [7, 11) is 0. The Balaban J connectivity index is 3.90. The zero-order valence-corrected chi connectivity index (χ0v) is 9.60. The maximum absolute atomic E-state index is 5.44. The summed E-state index contributed by atoms with van der Waals surface area (Å²) in [5, 5.41) is 3.40. The molecule has 0 bridgehead atoms. The standard InChI is InChI=1S/C12H24N2/c1-5-7-12(10(2)3)14-11(4)8-6-9-13/h12,14H,2,4-9,13H2,1,3H3. The van der Waals surface area contributed by atoms with Crippen LogP contribution in [-0.2, 0) is 0 Å². The summed E-state index contributed by atoms with van der Waals surface area (Å²) in [6.45, 7) is 12.9. The first kappa shape index (κ1) is 13.2. The summed E-state index contributed by atoms with van der Waals surface area (Å²) < 4.78 is 0. The molecule has 0 heterocycles. The third-order valence-corrected chi connectivity index (χ3v) is 2.23. The molecule has 1 unspecified atom stereocenters. The Bertz CT molecular complexity index is 185. The van der Waals surface area contributed by atoms with E-state index in [0.717, 1.165) is 37.9 Å². The third-order valence-electron chi connectivity index (χ3n) is 2.23.